The van der Waals surface area contributed by atoms with Crippen molar-refractivity contribution in [3.05, 3.63) is 46.4 Å². The average Bonchev–Trinajstić information content (AvgIpc) is 2.60. The third-order valence-electron chi connectivity index (χ3n) is 2.93. The molecular weight excluding hydrogens is 226 g/mol. The van der Waals surface area contributed by atoms with Gasteiger partial charge in [0.1, 0.15) is 0 Å². The van der Waals surface area contributed by atoms with Gasteiger partial charge in [-0.05, 0) is 25.5 Å². The molecule has 0 amide bonds. The van der Waals surface area contributed by atoms with E-state index in [0.29, 0.717) is 5.69 Å². The molecular formula is C14H17N3O. The quantitative estimate of drug-likeness (QED) is 0.764. The van der Waals surface area contributed by atoms with Gasteiger partial charge in [-0.1, -0.05) is 25.1 Å². The van der Waals surface area contributed by atoms with E-state index in [-0.39, 0.29) is 5.56 Å². The normalized spacial score (nSPS) is 11.3. The number of para-hydroxylation sites is 1. The predicted molar refractivity (Wildman–Crippen MR) is 74.2 cm³/mol. The molecule has 18 heavy (non-hydrogen) atoms. The fourth-order valence-corrected chi connectivity index (χ4v) is 1.89. The number of rotatable bonds is 3. The van der Waals surface area contributed by atoms with Crippen LogP contribution >= 0.6 is 0 Å². The minimum absolute atomic E-state index is 0.0779. The molecule has 0 bridgehead atoms. The molecule has 4 heteroatoms. The zero-order valence-electron chi connectivity index (χ0n) is 10.9. The van der Waals surface area contributed by atoms with Crippen LogP contribution in [0.3, 0.4) is 0 Å². The summed E-state index contributed by atoms with van der Waals surface area (Å²) in [6, 6.07) is 9.58. The molecule has 0 atom stereocenters. The number of aromatic nitrogens is 2. The fourth-order valence-electron chi connectivity index (χ4n) is 1.89. The lowest BCUT2D eigenvalue weighted by molar-refractivity contribution is 0.630. The van der Waals surface area contributed by atoms with Gasteiger partial charge in [0.15, 0.2) is 5.69 Å². The monoisotopic (exact) mass is 243 g/mol. The average molecular weight is 243 g/mol. The summed E-state index contributed by atoms with van der Waals surface area (Å²) in [4.78, 5) is 16.6. The van der Waals surface area contributed by atoms with E-state index < -0.39 is 0 Å². The van der Waals surface area contributed by atoms with Crippen LogP contribution in [0, 0.1) is 6.92 Å². The molecule has 1 aromatic heterocycles. The van der Waals surface area contributed by atoms with Crippen molar-refractivity contribution in [1.29, 1.82) is 0 Å². The van der Waals surface area contributed by atoms with E-state index >= 15 is 0 Å². The standard InChI is InChI=1S/C14H17N3O/c1-4-10-15-13-11(2)16(3)17(14(13)18)12-8-6-5-7-9-12/h5-10H,4H2,1-3H3. The van der Waals surface area contributed by atoms with E-state index in [4.69, 9.17) is 0 Å². The number of hydrogen-bond acceptors (Lipinski definition) is 2. The van der Waals surface area contributed by atoms with Crippen molar-refractivity contribution in [2.45, 2.75) is 20.3 Å². The van der Waals surface area contributed by atoms with E-state index in [0.717, 1.165) is 17.8 Å². The molecule has 0 saturated heterocycles. The zero-order valence-corrected chi connectivity index (χ0v) is 10.9. The lowest BCUT2D eigenvalue weighted by Gasteiger charge is -2.07. The molecule has 0 N–H and O–H groups in total. The van der Waals surface area contributed by atoms with Crippen molar-refractivity contribution in [3.63, 3.8) is 0 Å². The number of aliphatic imine (C=N–C) groups is 1. The SMILES string of the molecule is CCC=Nc1c(C)n(C)n(-c2ccccc2)c1=O. The first kappa shape index (κ1) is 12.4. The van der Waals surface area contributed by atoms with E-state index in [9.17, 15) is 4.79 Å². The molecule has 1 aromatic carbocycles. The topological polar surface area (TPSA) is 39.3 Å². The molecule has 2 rings (SSSR count). The minimum atomic E-state index is -0.0779. The van der Waals surface area contributed by atoms with Crippen LogP contribution in [0.1, 0.15) is 19.0 Å². The van der Waals surface area contributed by atoms with Gasteiger partial charge in [0.05, 0.1) is 11.4 Å². The second-order valence-corrected chi connectivity index (χ2v) is 4.13. The maximum Gasteiger partial charge on any atom is 0.297 e. The van der Waals surface area contributed by atoms with Gasteiger partial charge < -0.3 is 0 Å². The Morgan fingerprint density at radius 1 is 1.28 bits per heavy atom. The van der Waals surface area contributed by atoms with Gasteiger partial charge in [0.25, 0.3) is 5.56 Å². The smallest absolute Gasteiger partial charge is 0.283 e. The lowest BCUT2D eigenvalue weighted by atomic mass is 10.3. The first-order valence-corrected chi connectivity index (χ1v) is 6.03. The van der Waals surface area contributed by atoms with Crippen molar-refractivity contribution in [3.8, 4) is 5.69 Å². The summed E-state index contributed by atoms with van der Waals surface area (Å²) in [5, 5.41) is 0. The Bertz CT molecular complexity index is 620. The maximum atomic E-state index is 12.3. The van der Waals surface area contributed by atoms with Gasteiger partial charge in [0, 0.05) is 13.3 Å². The van der Waals surface area contributed by atoms with Crippen molar-refractivity contribution in [2.75, 3.05) is 0 Å². The Morgan fingerprint density at radius 2 is 1.94 bits per heavy atom. The minimum Gasteiger partial charge on any atom is -0.283 e. The third kappa shape index (κ3) is 2.01. The summed E-state index contributed by atoms with van der Waals surface area (Å²) >= 11 is 0. The van der Waals surface area contributed by atoms with Crippen molar-refractivity contribution in [2.24, 2.45) is 12.0 Å². The summed E-state index contributed by atoms with van der Waals surface area (Å²) in [6.07, 6.45) is 2.58. The second kappa shape index (κ2) is 5.04. The summed E-state index contributed by atoms with van der Waals surface area (Å²) in [6.45, 7) is 3.90. The van der Waals surface area contributed by atoms with Gasteiger partial charge >= 0.3 is 0 Å². The molecule has 2 aromatic rings. The molecule has 0 spiro atoms. The Balaban J connectivity index is 2.64. The van der Waals surface area contributed by atoms with E-state index in [1.54, 1.807) is 10.9 Å². The lowest BCUT2D eigenvalue weighted by Crippen LogP contribution is -2.19. The van der Waals surface area contributed by atoms with Gasteiger partial charge in [-0.2, -0.15) is 0 Å². The first-order chi connectivity index (χ1) is 8.66. The predicted octanol–water partition coefficient (Wildman–Crippen LogP) is 2.60. The molecule has 0 radical (unpaired) electrons. The van der Waals surface area contributed by atoms with Gasteiger partial charge in [-0.15, -0.1) is 0 Å². The summed E-state index contributed by atoms with van der Waals surface area (Å²) in [5.74, 6) is 0. The molecule has 0 aliphatic heterocycles. The van der Waals surface area contributed by atoms with Crippen LogP contribution < -0.4 is 5.56 Å². The molecule has 0 aliphatic carbocycles. The Kier molecular flexibility index (Phi) is 3.46. The van der Waals surface area contributed by atoms with Crippen LogP contribution in [0.4, 0.5) is 5.69 Å². The van der Waals surface area contributed by atoms with Crippen molar-refractivity contribution < 1.29 is 0 Å². The Morgan fingerprint density at radius 3 is 2.56 bits per heavy atom. The second-order valence-electron chi connectivity index (χ2n) is 4.13. The van der Waals surface area contributed by atoms with Crippen LogP contribution in [0.25, 0.3) is 5.69 Å². The molecule has 0 saturated carbocycles. The summed E-state index contributed by atoms with van der Waals surface area (Å²) < 4.78 is 3.47. The summed E-state index contributed by atoms with van der Waals surface area (Å²) in [5.41, 5.74) is 2.16. The Labute approximate surface area is 106 Å². The molecule has 0 unspecified atom stereocenters. The van der Waals surface area contributed by atoms with Gasteiger partial charge in [-0.3, -0.25) is 14.5 Å². The van der Waals surface area contributed by atoms with Crippen LogP contribution in [0.15, 0.2) is 40.1 Å². The van der Waals surface area contributed by atoms with Crippen LogP contribution in [-0.4, -0.2) is 15.6 Å². The molecule has 0 aliphatic rings. The summed E-state index contributed by atoms with van der Waals surface area (Å²) in [7, 11) is 1.87. The van der Waals surface area contributed by atoms with Crippen molar-refractivity contribution >= 4 is 11.9 Å². The highest BCUT2D eigenvalue weighted by Crippen LogP contribution is 2.16. The highest BCUT2D eigenvalue weighted by atomic mass is 16.1. The zero-order chi connectivity index (χ0) is 13.1. The Hall–Kier alpha value is -2.10. The van der Waals surface area contributed by atoms with Crippen molar-refractivity contribution in [1.82, 2.24) is 9.36 Å². The number of benzene rings is 1. The number of nitrogens with zero attached hydrogens (tertiary/aromatic N) is 3. The fraction of sp³-hybridized carbons (Fsp3) is 0.286. The molecule has 94 valence electrons. The van der Waals surface area contributed by atoms with Crippen LogP contribution in [0.5, 0.6) is 0 Å². The van der Waals surface area contributed by atoms with Crippen LogP contribution in [-0.2, 0) is 7.05 Å². The number of hydrogen-bond donors (Lipinski definition) is 0. The van der Waals surface area contributed by atoms with Gasteiger partial charge in [0.2, 0.25) is 0 Å². The van der Waals surface area contributed by atoms with E-state index in [1.165, 1.54) is 0 Å². The first-order valence-electron chi connectivity index (χ1n) is 6.03. The molecule has 1 heterocycles. The molecule has 0 fully saturated rings. The third-order valence-corrected chi connectivity index (χ3v) is 2.93. The van der Waals surface area contributed by atoms with E-state index in [1.807, 2.05) is 55.9 Å². The van der Waals surface area contributed by atoms with Gasteiger partial charge in [-0.25, -0.2) is 4.68 Å². The molecule has 4 nitrogen and oxygen atoms in total. The maximum absolute atomic E-state index is 12.3. The van der Waals surface area contributed by atoms with E-state index in [2.05, 4.69) is 4.99 Å². The highest BCUT2D eigenvalue weighted by Gasteiger charge is 2.14. The largest absolute Gasteiger partial charge is 0.297 e. The van der Waals surface area contributed by atoms with Crippen LogP contribution in [0.2, 0.25) is 0 Å². The highest BCUT2D eigenvalue weighted by molar-refractivity contribution is 5.63.